The Morgan fingerprint density at radius 3 is 2.67 bits per heavy atom. The summed E-state index contributed by atoms with van der Waals surface area (Å²) >= 11 is 0. The first-order chi connectivity index (χ1) is 20.3. The van der Waals surface area contributed by atoms with Gasteiger partial charge in [-0.05, 0) is 70.1 Å². The Hall–Kier alpha value is -4.69. The lowest BCUT2D eigenvalue weighted by Crippen LogP contribution is -2.44. The third-order valence-electron chi connectivity index (χ3n) is 7.00. The van der Waals surface area contributed by atoms with Gasteiger partial charge in [0.2, 0.25) is 11.9 Å². The minimum Gasteiger partial charge on any atom is -0.489 e. The van der Waals surface area contributed by atoms with Crippen molar-refractivity contribution in [2.45, 2.75) is 38.8 Å². The van der Waals surface area contributed by atoms with Crippen molar-refractivity contribution in [1.29, 1.82) is 5.26 Å². The zero-order valence-electron chi connectivity index (χ0n) is 24.2. The van der Waals surface area contributed by atoms with Crippen LogP contribution in [0.25, 0.3) is 0 Å². The summed E-state index contributed by atoms with van der Waals surface area (Å²) in [6.45, 7) is 9.17. The van der Waals surface area contributed by atoms with Crippen molar-refractivity contribution in [2.24, 2.45) is 0 Å². The van der Waals surface area contributed by atoms with Gasteiger partial charge >= 0.3 is 0 Å². The van der Waals surface area contributed by atoms with Gasteiger partial charge in [-0.3, -0.25) is 4.79 Å². The van der Waals surface area contributed by atoms with Gasteiger partial charge in [0.05, 0.1) is 29.4 Å². The van der Waals surface area contributed by atoms with Gasteiger partial charge in [-0.1, -0.05) is 18.7 Å². The van der Waals surface area contributed by atoms with Crippen LogP contribution in [-0.4, -0.2) is 66.3 Å². The van der Waals surface area contributed by atoms with Crippen LogP contribution in [0.4, 0.5) is 38.9 Å². The van der Waals surface area contributed by atoms with E-state index in [1.807, 2.05) is 63.4 Å². The second-order valence-electron chi connectivity index (χ2n) is 10.3. The predicted octanol–water partition coefficient (Wildman–Crippen LogP) is 5.62. The summed E-state index contributed by atoms with van der Waals surface area (Å²) < 4.78 is 18.7. The number of benzene rings is 2. The molecule has 1 aliphatic heterocycles. The van der Waals surface area contributed by atoms with E-state index in [1.165, 1.54) is 12.3 Å². The highest BCUT2D eigenvalue weighted by Gasteiger charge is 2.23. The van der Waals surface area contributed by atoms with Gasteiger partial charge in [0.15, 0.2) is 5.82 Å². The highest BCUT2D eigenvalue weighted by atomic mass is 19.1. The van der Waals surface area contributed by atoms with E-state index in [2.05, 4.69) is 48.4 Å². The van der Waals surface area contributed by atoms with Gasteiger partial charge < -0.3 is 30.5 Å². The number of nitrogens with zero attached hydrogens (tertiary/aromatic N) is 5. The molecule has 0 unspecified atom stereocenters. The van der Waals surface area contributed by atoms with E-state index in [4.69, 9.17) is 4.74 Å². The van der Waals surface area contributed by atoms with E-state index in [0.29, 0.717) is 41.2 Å². The Morgan fingerprint density at radius 2 is 1.98 bits per heavy atom. The number of carbonyl (C=O) groups excluding carboxylic acids is 1. The highest BCUT2D eigenvalue weighted by Crippen LogP contribution is 2.33. The fraction of sp³-hybridized carbons (Fsp3) is 0.355. The lowest BCUT2D eigenvalue weighted by molar-refractivity contribution is -0.111. The number of nitriles is 1. The van der Waals surface area contributed by atoms with E-state index in [1.54, 1.807) is 0 Å². The summed E-state index contributed by atoms with van der Waals surface area (Å²) in [5.41, 5.74) is 2.99. The van der Waals surface area contributed by atoms with Crippen molar-refractivity contribution in [3.05, 3.63) is 66.9 Å². The molecule has 11 heteroatoms. The second-order valence-corrected chi connectivity index (χ2v) is 10.3. The Morgan fingerprint density at radius 1 is 1.21 bits per heavy atom. The minimum absolute atomic E-state index is 0.0350. The van der Waals surface area contributed by atoms with Gasteiger partial charge in [0, 0.05) is 31.4 Å². The first kappa shape index (κ1) is 30.3. The molecule has 0 saturated carbocycles. The number of para-hydroxylation sites is 2. The maximum absolute atomic E-state index is 12.8. The van der Waals surface area contributed by atoms with Gasteiger partial charge in [0.25, 0.3) is 0 Å². The van der Waals surface area contributed by atoms with Gasteiger partial charge in [0.1, 0.15) is 24.1 Å². The van der Waals surface area contributed by atoms with E-state index >= 15 is 0 Å². The summed E-state index contributed by atoms with van der Waals surface area (Å²) in [5.74, 6) is 0.820. The van der Waals surface area contributed by atoms with E-state index in [9.17, 15) is 14.4 Å². The minimum atomic E-state index is -0.355. The molecule has 0 aliphatic carbocycles. The summed E-state index contributed by atoms with van der Waals surface area (Å²) in [5, 5.41) is 18.9. The number of ether oxygens (including phenoxy) is 1. The molecule has 42 heavy (non-hydrogen) atoms. The molecule has 3 N–H and O–H groups in total. The lowest BCUT2D eigenvalue weighted by Gasteiger charge is -2.37. The molecule has 0 radical (unpaired) electrons. The zero-order chi connectivity index (χ0) is 30.1. The fourth-order valence-electron chi connectivity index (χ4n) is 4.80. The Balaban J connectivity index is 1.57. The third-order valence-corrected chi connectivity index (χ3v) is 7.00. The van der Waals surface area contributed by atoms with Crippen LogP contribution in [0.1, 0.15) is 32.3 Å². The fourth-order valence-corrected chi connectivity index (χ4v) is 4.80. The average molecular weight is 573 g/mol. The number of hydrogen-bond acceptors (Lipinski definition) is 9. The molecule has 0 spiro atoms. The second kappa shape index (κ2) is 14.3. The van der Waals surface area contributed by atoms with Crippen LogP contribution in [0.5, 0.6) is 5.75 Å². The van der Waals surface area contributed by atoms with Crippen LogP contribution in [-0.2, 0) is 4.79 Å². The summed E-state index contributed by atoms with van der Waals surface area (Å²) in [4.78, 5) is 25.5. The molecule has 1 fully saturated rings. The van der Waals surface area contributed by atoms with Crippen LogP contribution in [0.15, 0.2) is 61.3 Å². The number of rotatable bonds is 12. The average Bonchev–Trinajstić information content (AvgIpc) is 2.99. The zero-order valence-corrected chi connectivity index (χ0v) is 24.2. The quantitative estimate of drug-likeness (QED) is 0.238. The molecular formula is C31H37FN8O2. The van der Waals surface area contributed by atoms with Crippen LogP contribution >= 0.6 is 0 Å². The standard InChI is InChI=1S/C31H37FN8O2/c1-5-29(41)35-27-18-24(40-15-12-23(13-16-40)39(4)17-14-32)10-11-25(27)37-31-34-20-22(19-33)30(38-31)36-26-8-6-7-9-28(26)42-21(2)3/h5-11,18,20-21,23H,1,12-17H2,2-4H3,(H,35,41)(H2,34,36,37,38). The molecule has 220 valence electrons. The molecule has 4 rings (SSSR count). The lowest BCUT2D eigenvalue weighted by atomic mass is 10.0. The highest BCUT2D eigenvalue weighted by molar-refractivity contribution is 6.02. The van der Waals surface area contributed by atoms with Gasteiger partial charge in [-0.25, -0.2) is 9.37 Å². The van der Waals surface area contributed by atoms with Crippen molar-refractivity contribution >= 4 is 40.4 Å². The molecule has 0 bridgehead atoms. The summed E-state index contributed by atoms with van der Waals surface area (Å²) in [6.07, 6.45) is 4.45. The molecule has 10 nitrogen and oxygen atoms in total. The third kappa shape index (κ3) is 7.73. The van der Waals surface area contributed by atoms with Crippen LogP contribution in [0.3, 0.4) is 0 Å². The number of alkyl halides is 1. The van der Waals surface area contributed by atoms with Gasteiger partial charge in [-0.2, -0.15) is 10.2 Å². The van der Waals surface area contributed by atoms with Crippen LogP contribution < -0.4 is 25.6 Å². The number of nitrogens with one attached hydrogen (secondary N) is 3. The first-order valence-corrected chi connectivity index (χ1v) is 14.0. The first-order valence-electron chi connectivity index (χ1n) is 14.0. The normalized spacial score (nSPS) is 13.5. The van der Waals surface area contributed by atoms with E-state index < -0.39 is 0 Å². The van der Waals surface area contributed by atoms with E-state index in [0.717, 1.165) is 31.6 Å². The van der Waals surface area contributed by atoms with Crippen molar-refractivity contribution in [2.75, 3.05) is 54.2 Å². The van der Waals surface area contributed by atoms with Crippen molar-refractivity contribution < 1.29 is 13.9 Å². The van der Waals surface area contributed by atoms with Gasteiger partial charge in [-0.15, -0.1) is 0 Å². The van der Waals surface area contributed by atoms with Crippen molar-refractivity contribution in [3.63, 3.8) is 0 Å². The Labute approximate surface area is 246 Å². The number of halogens is 1. The van der Waals surface area contributed by atoms with Crippen LogP contribution in [0.2, 0.25) is 0 Å². The molecule has 2 heterocycles. The van der Waals surface area contributed by atoms with Crippen molar-refractivity contribution in [1.82, 2.24) is 14.9 Å². The Bertz CT molecular complexity index is 1430. The summed E-state index contributed by atoms with van der Waals surface area (Å²) in [6, 6.07) is 15.6. The topological polar surface area (TPSA) is 118 Å². The number of amides is 1. The number of aromatic nitrogens is 2. The number of hydrogen-bond donors (Lipinski definition) is 3. The molecule has 1 aromatic heterocycles. The largest absolute Gasteiger partial charge is 0.489 e. The Kier molecular flexibility index (Phi) is 10.3. The smallest absolute Gasteiger partial charge is 0.247 e. The maximum atomic E-state index is 12.8. The van der Waals surface area contributed by atoms with Crippen LogP contribution in [0, 0.1) is 11.3 Å². The number of piperidine rings is 1. The maximum Gasteiger partial charge on any atom is 0.247 e. The number of anilines is 6. The SMILES string of the molecule is C=CC(=O)Nc1cc(N2CCC(N(C)CCF)CC2)ccc1Nc1ncc(C#N)c(Nc2ccccc2OC(C)C)n1. The molecule has 3 aromatic rings. The molecule has 1 saturated heterocycles. The molecule has 1 amide bonds. The predicted molar refractivity (Wildman–Crippen MR) is 165 cm³/mol. The number of carbonyl (C=O) groups is 1. The molecule has 1 aliphatic rings. The molecular weight excluding hydrogens is 535 g/mol. The monoisotopic (exact) mass is 572 g/mol. The summed E-state index contributed by atoms with van der Waals surface area (Å²) in [7, 11) is 1.97. The molecule has 0 atom stereocenters. The molecule has 2 aromatic carbocycles. The van der Waals surface area contributed by atoms with E-state index in [-0.39, 0.29) is 30.2 Å². The van der Waals surface area contributed by atoms with Crippen molar-refractivity contribution in [3.8, 4) is 11.8 Å².